The van der Waals surface area contributed by atoms with Gasteiger partial charge in [-0.1, -0.05) is 88.2 Å². The highest BCUT2D eigenvalue weighted by atomic mass is 79.9. The van der Waals surface area contributed by atoms with Crippen LogP contribution in [-0.4, -0.2) is 37.8 Å². The molecule has 5 heteroatoms. The normalized spacial score (nSPS) is 14.1. The summed E-state index contributed by atoms with van der Waals surface area (Å²) in [5.41, 5.74) is 1.45. The Bertz CT molecular complexity index is 1600. The lowest BCUT2D eigenvalue weighted by atomic mass is 9.70. The molecule has 0 aliphatic carbocycles. The third kappa shape index (κ3) is 5.19. The van der Waals surface area contributed by atoms with Gasteiger partial charge in [0.2, 0.25) is 0 Å². The van der Waals surface area contributed by atoms with Crippen LogP contribution >= 0.6 is 27.5 Å². The van der Waals surface area contributed by atoms with Crippen LogP contribution in [0.2, 0.25) is 5.02 Å². The van der Waals surface area contributed by atoms with Crippen molar-refractivity contribution in [3.8, 4) is 5.75 Å². The maximum absolute atomic E-state index is 13.1. The van der Waals surface area contributed by atoms with Crippen LogP contribution in [-0.2, 0) is 5.60 Å². The Labute approximate surface area is 237 Å². The first-order valence-corrected chi connectivity index (χ1v) is 13.9. The van der Waals surface area contributed by atoms with Crippen LogP contribution < -0.4 is 4.74 Å². The van der Waals surface area contributed by atoms with E-state index in [-0.39, 0.29) is 0 Å². The number of hydrogen-bond acceptors (Lipinski definition) is 3. The van der Waals surface area contributed by atoms with Gasteiger partial charge in [-0.05, 0) is 89.6 Å². The molecular weight excluding hydrogens is 558 g/mol. The molecule has 5 aromatic carbocycles. The molecular formula is C33H31BrClNO2. The zero-order valence-corrected chi connectivity index (χ0v) is 24.1. The smallest absolute Gasteiger partial charge is 0.123 e. The molecule has 3 nitrogen and oxygen atoms in total. The predicted octanol–water partition coefficient (Wildman–Crippen LogP) is 8.39. The van der Waals surface area contributed by atoms with Gasteiger partial charge in [-0.3, -0.25) is 0 Å². The van der Waals surface area contributed by atoms with Gasteiger partial charge in [0.05, 0.1) is 7.11 Å². The third-order valence-electron chi connectivity index (χ3n) is 7.32. The van der Waals surface area contributed by atoms with E-state index in [4.69, 9.17) is 16.3 Å². The molecule has 1 N–H and O–H groups in total. The lowest BCUT2D eigenvalue weighted by molar-refractivity contribution is 0.00534. The molecule has 0 spiro atoms. The van der Waals surface area contributed by atoms with E-state index in [0.717, 1.165) is 48.5 Å². The zero-order valence-electron chi connectivity index (χ0n) is 21.8. The Morgan fingerprint density at radius 3 is 2.39 bits per heavy atom. The SMILES string of the molecule is COc1cc2ccc(Br)cc2cc1[C@@H](c1cccc(Cl)c1)[C@](O)(CCN(C)C)c1cccc2ccccc12. The Kier molecular flexibility index (Phi) is 7.78. The molecule has 0 fully saturated rings. The summed E-state index contributed by atoms with van der Waals surface area (Å²) in [6.45, 7) is 0.693. The molecule has 5 rings (SSSR count). The minimum atomic E-state index is -1.28. The molecule has 5 aromatic rings. The predicted molar refractivity (Wildman–Crippen MR) is 163 cm³/mol. The number of aliphatic hydroxyl groups is 1. The molecule has 38 heavy (non-hydrogen) atoms. The number of hydrogen-bond donors (Lipinski definition) is 1. The molecule has 0 radical (unpaired) electrons. The highest BCUT2D eigenvalue weighted by Crippen LogP contribution is 2.49. The maximum Gasteiger partial charge on any atom is 0.123 e. The number of methoxy groups -OCH3 is 1. The molecule has 0 aliphatic rings. The van der Waals surface area contributed by atoms with E-state index in [2.05, 4.69) is 69.4 Å². The van der Waals surface area contributed by atoms with E-state index in [1.807, 2.05) is 62.6 Å². The van der Waals surface area contributed by atoms with Gasteiger partial charge in [-0.2, -0.15) is 0 Å². The summed E-state index contributed by atoms with van der Waals surface area (Å²) in [5.74, 6) is 0.276. The summed E-state index contributed by atoms with van der Waals surface area (Å²) >= 11 is 10.2. The average molecular weight is 589 g/mol. The summed E-state index contributed by atoms with van der Waals surface area (Å²) in [7, 11) is 5.76. The monoisotopic (exact) mass is 587 g/mol. The van der Waals surface area contributed by atoms with Crippen LogP contribution in [0.25, 0.3) is 21.5 Å². The molecule has 0 heterocycles. The number of nitrogens with zero attached hydrogens (tertiary/aromatic N) is 1. The molecule has 0 unspecified atom stereocenters. The van der Waals surface area contributed by atoms with Gasteiger partial charge in [0.25, 0.3) is 0 Å². The van der Waals surface area contributed by atoms with Crippen LogP contribution in [0, 0.1) is 0 Å². The number of benzene rings is 5. The standard InChI is InChI=1S/C33H31BrClNO2/c1-36(2)17-16-33(37,30-13-7-9-22-8-4-5-12-28(22)30)32(24-10-6-11-27(35)19-24)29-20-25-18-26(34)15-14-23(25)21-31(29)38-3/h4-15,18-21,32,37H,16-17H2,1-3H3/t32-,33+/m1/s1. The van der Waals surface area contributed by atoms with E-state index >= 15 is 0 Å². The van der Waals surface area contributed by atoms with Gasteiger partial charge in [-0.25, -0.2) is 0 Å². The Hall–Kier alpha value is -2.89. The van der Waals surface area contributed by atoms with Crippen molar-refractivity contribution in [3.05, 3.63) is 123 Å². The fourth-order valence-electron chi connectivity index (χ4n) is 5.50. The zero-order chi connectivity index (χ0) is 26.9. The van der Waals surface area contributed by atoms with Crippen molar-refractivity contribution >= 4 is 49.1 Å². The van der Waals surface area contributed by atoms with E-state index < -0.39 is 11.5 Å². The molecule has 0 saturated carbocycles. The first-order chi connectivity index (χ1) is 18.3. The lowest BCUT2D eigenvalue weighted by Crippen LogP contribution is -2.38. The first-order valence-electron chi connectivity index (χ1n) is 12.7. The maximum atomic E-state index is 13.1. The molecule has 0 aromatic heterocycles. The number of fused-ring (bicyclic) bond motifs is 2. The van der Waals surface area contributed by atoms with Crippen molar-refractivity contribution in [3.63, 3.8) is 0 Å². The minimum Gasteiger partial charge on any atom is -0.496 e. The quantitative estimate of drug-likeness (QED) is 0.198. The van der Waals surface area contributed by atoms with Crippen molar-refractivity contribution in [1.82, 2.24) is 4.90 Å². The van der Waals surface area contributed by atoms with Crippen molar-refractivity contribution in [1.29, 1.82) is 0 Å². The number of ether oxygens (including phenoxy) is 1. The van der Waals surface area contributed by atoms with E-state index in [1.54, 1.807) is 7.11 Å². The van der Waals surface area contributed by atoms with Crippen molar-refractivity contribution in [2.45, 2.75) is 17.9 Å². The number of rotatable bonds is 8. The van der Waals surface area contributed by atoms with Gasteiger partial charge in [0, 0.05) is 27.5 Å². The molecule has 0 amide bonds. The second-order valence-electron chi connectivity index (χ2n) is 10.1. The Balaban J connectivity index is 1.86. The van der Waals surface area contributed by atoms with Crippen molar-refractivity contribution < 1.29 is 9.84 Å². The first kappa shape index (κ1) is 26.7. The van der Waals surface area contributed by atoms with Gasteiger partial charge in [-0.15, -0.1) is 0 Å². The fourth-order valence-corrected chi connectivity index (χ4v) is 6.08. The van der Waals surface area contributed by atoms with Gasteiger partial charge in [0.1, 0.15) is 11.4 Å². The Morgan fingerprint density at radius 1 is 0.868 bits per heavy atom. The molecule has 194 valence electrons. The summed E-state index contributed by atoms with van der Waals surface area (Å²) < 4.78 is 6.99. The second-order valence-corrected chi connectivity index (χ2v) is 11.4. The fraction of sp³-hybridized carbons (Fsp3) is 0.212. The summed E-state index contributed by atoms with van der Waals surface area (Å²) in [6.07, 6.45) is 0.505. The molecule has 0 aliphatic heterocycles. The molecule has 0 saturated heterocycles. The Morgan fingerprint density at radius 2 is 1.63 bits per heavy atom. The summed E-state index contributed by atoms with van der Waals surface area (Å²) in [5, 5.41) is 18.0. The minimum absolute atomic E-state index is 0.453. The average Bonchev–Trinajstić information content (AvgIpc) is 2.91. The lowest BCUT2D eigenvalue weighted by Gasteiger charge is -2.40. The van der Waals surface area contributed by atoms with Crippen molar-refractivity contribution in [2.24, 2.45) is 0 Å². The van der Waals surface area contributed by atoms with Crippen LogP contribution in [0.15, 0.2) is 102 Å². The van der Waals surface area contributed by atoms with E-state index in [0.29, 0.717) is 18.0 Å². The van der Waals surface area contributed by atoms with E-state index in [1.165, 1.54) is 0 Å². The summed E-state index contributed by atoms with van der Waals surface area (Å²) in [4.78, 5) is 2.11. The van der Waals surface area contributed by atoms with Crippen LogP contribution in [0.3, 0.4) is 0 Å². The topological polar surface area (TPSA) is 32.7 Å². The van der Waals surface area contributed by atoms with Crippen LogP contribution in [0.4, 0.5) is 0 Å². The summed E-state index contributed by atoms with van der Waals surface area (Å²) in [6, 6.07) is 32.7. The van der Waals surface area contributed by atoms with Gasteiger partial charge in [0.15, 0.2) is 0 Å². The van der Waals surface area contributed by atoms with Crippen molar-refractivity contribution in [2.75, 3.05) is 27.7 Å². The molecule has 2 atom stereocenters. The van der Waals surface area contributed by atoms with Crippen LogP contribution in [0.5, 0.6) is 5.75 Å². The van der Waals surface area contributed by atoms with Gasteiger partial charge >= 0.3 is 0 Å². The third-order valence-corrected chi connectivity index (χ3v) is 8.05. The van der Waals surface area contributed by atoms with Crippen LogP contribution in [0.1, 0.15) is 29.0 Å². The second kappa shape index (κ2) is 11.1. The highest BCUT2D eigenvalue weighted by molar-refractivity contribution is 9.10. The van der Waals surface area contributed by atoms with E-state index in [9.17, 15) is 5.11 Å². The highest BCUT2D eigenvalue weighted by Gasteiger charge is 2.43. The molecule has 0 bridgehead atoms. The number of halogens is 2. The largest absolute Gasteiger partial charge is 0.496 e. The van der Waals surface area contributed by atoms with Gasteiger partial charge < -0.3 is 14.7 Å².